The molecular weight excluding hydrogens is 273 g/mol. The maximum atomic E-state index is 13.6. The van der Waals surface area contributed by atoms with Crippen molar-refractivity contribution in [2.24, 2.45) is 0 Å². The number of hydrogen-bond donors (Lipinski definition) is 3. The van der Waals surface area contributed by atoms with E-state index in [2.05, 4.69) is 10.0 Å². The molecule has 1 rings (SSSR count). The number of methoxy groups -OCH3 is 1. The van der Waals surface area contributed by atoms with Crippen LogP contribution in [0, 0.1) is 5.82 Å². The molecule has 0 aliphatic rings. The van der Waals surface area contributed by atoms with Crippen LogP contribution in [0.1, 0.15) is 6.92 Å². The summed E-state index contributed by atoms with van der Waals surface area (Å²) in [6.45, 7) is 2.10. The fraction of sp³-hybridized carbons (Fsp3) is 0.455. The molecule has 6 nitrogen and oxygen atoms in total. The van der Waals surface area contributed by atoms with Crippen LogP contribution < -0.4 is 20.5 Å². The Kier molecular flexibility index (Phi) is 5.37. The molecule has 1 aromatic rings. The third-order valence-electron chi connectivity index (χ3n) is 2.37. The van der Waals surface area contributed by atoms with Crippen LogP contribution in [0.25, 0.3) is 0 Å². The minimum Gasteiger partial charge on any atom is -0.495 e. The van der Waals surface area contributed by atoms with Gasteiger partial charge in [0.15, 0.2) is 0 Å². The quantitative estimate of drug-likeness (QED) is 0.645. The summed E-state index contributed by atoms with van der Waals surface area (Å²) in [5.74, 6) is -0.370. The van der Waals surface area contributed by atoms with Gasteiger partial charge in [0.25, 0.3) is 0 Å². The summed E-state index contributed by atoms with van der Waals surface area (Å²) in [5, 5.41) is 2.70. The monoisotopic (exact) mass is 291 g/mol. The zero-order valence-electron chi connectivity index (χ0n) is 10.9. The molecule has 19 heavy (non-hydrogen) atoms. The number of benzene rings is 1. The fourth-order valence-corrected chi connectivity index (χ4v) is 2.45. The highest BCUT2D eigenvalue weighted by Gasteiger charge is 2.11. The Hall–Kier alpha value is -1.54. The first-order valence-corrected chi connectivity index (χ1v) is 7.39. The highest BCUT2D eigenvalue weighted by atomic mass is 32.2. The summed E-state index contributed by atoms with van der Waals surface area (Å²) >= 11 is 0. The second-order valence-corrected chi connectivity index (χ2v) is 5.74. The summed E-state index contributed by atoms with van der Waals surface area (Å²) in [7, 11) is -1.91. The fourth-order valence-electron chi connectivity index (χ4n) is 1.49. The molecule has 0 spiro atoms. The van der Waals surface area contributed by atoms with Gasteiger partial charge in [-0.15, -0.1) is 0 Å². The zero-order chi connectivity index (χ0) is 14.5. The van der Waals surface area contributed by atoms with Gasteiger partial charge in [0, 0.05) is 25.2 Å². The average Bonchev–Trinajstić information content (AvgIpc) is 2.31. The standard InChI is InChI=1S/C11H18FN3O3S/c1-3-15-19(16,17)5-4-14-10-7-11(18-2)9(13)6-8(10)12/h6-7,14-15H,3-5,13H2,1-2H3. The molecule has 0 radical (unpaired) electrons. The lowest BCUT2D eigenvalue weighted by atomic mass is 10.2. The Labute approximate surface area is 112 Å². The van der Waals surface area contributed by atoms with E-state index in [9.17, 15) is 12.8 Å². The van der Waals surface area contributed by atoms with Gasteiger partial charge in [-0.1, -0.05) is 6.92 Å². The van der Waals surface area contributed by atoms with E-state index < -0.39 is 15.8 Å². The van der Waals surface area contributed by atoms with Gasteiger partial charge < -0.3 is 15.8 Å². The first-order valence-electron chi connectivity index (χ1n) is 5.74. The van der Waals surface area contributed by atoms with Crippen LogP contribution in [-0.2, 0) is 10.0 Å². The molecule has 0 fully saturated rings. The zero-order valence-corrected chi connectivity index (χ0v) is 11.7. The SMILES string of the molecule is CCNS(=O)(=O)CCNc1cc(OC)c(N)cc1F. The van der Waals surface area contributed by atoms with Crippen molar-refractivity contribution in [3.8, 4) is 5.75 Å². The van der Waals surface area contributed by atoms with E-state index in [1.807, 2.05) is 0 Å². The number of anilines is 2. The number of nitrogen functional groups attached to an aromatic ring is 1. The highest BCUT2D eigenvalue weighted by molar-refractivity contribution is 7.89. The maximum absolute atomic E-state index is 13.6. The van der Waals surface area contributed by atoms with Gasteiger partial charge in [0.1, 0.15) is 11.6 Å². The Bertz CT molecular complexity index is 534. The molecule has 0 aliphatic carbocycles. The van der Waals surface area contributed by atoms with E-state index >= 15 is 0 Å². The lowest BCUT2D eigenvalue weighted by molar-refractivity contribution is 0.416. The molecule has 0 aliphatic heterocycles. The Balaban J connectivity index is 2.68. The molecule has 8 heteroatoms. The number of ether oxygens (including phenoxy) is 1. The predicted molar refractivity (Wildman–Crippen MR) is 73.3 cm³/mol. The smallest absolute Gasteiger partial charge is 0.213 e. The second-order valence-electron chi connectivity index (χ2n) is 3.82. The Morgan fingerprint density at radius 2 is 2.11 bits per heavy atom. The lowest BCUT2D eigenvalue weighted by Gasteiger charge is -2.11. The van der Waals surface area contributed by atoms with E-state index in [-0.39, 0.29) is 23.7 Å². The first-order chi connectivity index (χ1) is 8.89. The van der Waals surface area contributed by atoms with Crippen molar-refractivity contribution in [1.82, 2.24) is 4.72 Å². The topological polar surface area (TPSA) is 93.5 Å². The number of halogens is 1. The van der Waals surface area contributed by atoms with E-state index in [0.717, 1.165) is 6.07 Å². The predicted octanol–water partition coefficient (Wildman–Crippen LogP) is 0.768. The molecule has 0 bridgehead atoms. The summed E-state index contributed by atoms with van der Waals surface area (Å²) < 4.78 is 43.7. The molecule has 0 atom stereocenters. The molecule has 0 heterocycles. The van der Waals surface area contributed by atoms with Crippen molar-refractivity contribution < 1.29 is 17.5 Å². The summed E-state index contributed by atoms with van der Waals surface area (Å²) in [6.07, 6.45) is 0. The normalized spacial score (nSPS) is 11.3. The van der Waals surface area contributed by atoms with Crippen molar-refractivity contribution in [3.05, 3.63) is 17.9 Å². The second kappa shape index (κ2) is 6.58. The van der Waals surface area contributed by atoms with E-state index in [1.165, 1.54) is 13.2 Å². The molecule has 0 aromatic heterocycles. The van der Waals surface area contributed by atoms with Gasteiger partial charge in [-0.25, -0.2) is 17.5 Å². The summed E-state index contributed by atoms with van der Waals surface area (Å²) in [5.41, 5.74) is 5.88. The molecule has 0 saturated carbocycles. The van der Waals surface area contributed by atoms with Crippen molar-refractivity contribution >= 4 is 21.4 Å². The molecule has 0 saturated heterocycles. The maximum Gasteiger partial charge on any atom is 0.213 e. The van der Waals surface area contributed by atoms with Crippen LogP contribution >= 0.6 is 0 Å². The van der Waals surface area contributed by atoms with E-state index in [1.54, 1.807) is 6.92 Å². The highest BCUT2D eigenvalue weighted by Crippen LogP contribution is 2.27. The van der Waals surface area contributed by atoms with Crippen LogP contribution in [0.5, 0.6) is 5.75 Å². The third kappa shape index (κ3) is 4.56. The van der Waals surface area contributed by atoms with Crippen LogP contribution in [0.3, 0.4) is 0 Å². The number of nitrogens with one attached hydrogen (secondary N) is 2. The summed E-state index contributed by atoms with van der Waals surface area (Å²) in [4.78, 5) is 0. The largest absolute Gasteiger partial charge is 0.495 e. The Morgan fingerprint density at radius 3 is 2.68 bits per heavy atom. The minimum absolute atomic E-state index is 0.0827. The number of nitrogens with two attached hydrogens (primary N) is 1. The van der Waals surface area contributed by atoms with Gasteiger partial charge >= 0.3 is 0 Å². The van der Waals surface area contributed by atoms with Gasteiger partial charge in [-0.05, 0) is 0 Å². The van der Waals surface area contributed by atoms with Crippen LogP contribution in [-0.4, -0.2) is 34.4 Å². The minimum atomic E-state index is -3.33. The van der Waals surface area contributed by atoms with Crippen molar-refractivity contribution in [3.63, 3.8) is 0 Å². The van der Waals surface area contributed by atoms with Crippen molar-refractivity contribution in [2.75, 3.05) is 37.0 Å². The van der Waals surface area contributed by atoms with Crippen molar-refractivity contribution in [2.45, 2.75) is 6.92 Å². The number of hydrogen-bond acceptors (Lipinski definition) is 5. The van der Waals surface area contributed by atoms with Gasteiger partial charge in [-0.2, -0.15) is 0 Å². The molecule has 0 amide bonds. The van der Waals surface area contributed by atoms with Gasteiger partial charge in [-0.3, -0.25) is 0 Å². The molecule has 1 aromatic carbocycles. The Morgan fingerprint density at radius 1 is 1.42 bits per heavy atom. The molecule has 0 unspecified atom stereocenters. The third-order valence-corrected chi connectivity index (χ3v) is 3.84. The lowest BCUT2D eigenvalue weighted by Crippen LogP contribution is -2.29. The van der Waals surface area contributed by atoms with Crippen LogP contribution in [0.4, 0.5) is 15.8 Å². The van der Waals surface area contributed by atoms with E-state index in [4.69, 9.17) is 10.5 Å². The van der Waals surface area contributed by atoms with Gasteiger partial charge in [0.2, 0.25) is 10.0 Å². The van der Waals surface area contributed by atoms with Crippen LogP contribution in [0.2, 0.25) is 0 Å². The van der Waals surface area contributed by atoms with Crippen LogP contribution in [0.15, 0.2) is 12.1 Å². The molecule has 108 valence electrons. The molecular formula is C11H18FN3O3S. The first kappa shape index (κ1) is 15.5. The van der Waals surface area contributed by atoms with Gasteiger partial charge in [0.05, 0.1) is 24.2 Å². The van der Waals surface area contributed by atoms with Crippen molar-refractivity contribution in [1.29, 1.82) is 0 Å². The molecule has 4 N–H and O–H groups in total. The number of rotatable bonds is 7. The summed E-state index contributed by atoms with van der Waals surface area (Å²) in [6, 6.07) is 2.52. The number of sulfonamides is 1. The van der Waals surface area contributed by atoms with E-state index in [0.29, 0.717) is 12.3 Å². The average molecular weight is 291 g/mol.